The molecule has 1 fully saturated rings. The van der Waals surface area contributed by atoms with Gasteiger partial charge < -0.3 is 14.8 Å². The van der Waals surface area contributed by atoms with Crippen molar-refractivity contribution in [3.63, 3.8) is 0 Å². The van der Waals surface area contributed by atoms with Gasteiger partial charge in [0.2, 0.25) is 5.91 Å². The molecule has 1 aliphatic rings. The zero-order valence-electron chi connectivity index (χ0n) is 13.4. The Morgan fingerprint density at radius 2 is 1.86 bits per heavy atom. The predicted octanol–water partition coefficient (Wildman–Crippen LogP) is 3.70. The van der Waals surface area contributed by atoms with Crippen LogP contribution in [0.25, 0.3) is 0 Å². The van der Waals surface area contributed by atoms with Crippen molar-refractivity contribution in [2.45, 2.75) is 45.1 Å². The third-order valence-corrected chi connectivity index (χ3v) is 5.10. The van der Waals surface area contributed by atoms with Crippen LogP contribution in [0.5, 0.6) is 11.5 Å². The molecule has 1 aromatic carbocycles. The molecule has 0 aliphatic heterocycles. The normalized spacial score (nSPS) is 21.3. The average Bonchev–Trinajstić information content (AvgIpc) is 2.51. The number of hydrogen-bond donors (Lipinski definition) is 1. The summed E-state index contributed by atoms with van der Waals surface area (Å²) in [6.45, 7) is 2.22. The molecule has 22 heavy (non-hydrogen) atoms. The summed E-state index contributed by atoms with van der Waals surface area (Å²) in [6.07, 6.45) is 5.10. The number of amides is 1. The zero-order valence-corrected chi connectivity index (χ0v) is 15.0. The Balaban J connectivity index is 2.04. The average molecular weight is 370 g/mol. The molecule has 0 spiro atoms. The van der Waals surface area contributed by atoms with Crippen molar-refractivity contribution in [2.24, 2.45) is 5.92 Å². The summed E-state index contributed by atoms with van der Waals surface area (Å²) in [7, 11) is 3.19. The molecule has 4 nitrogen and oxygen atoms in total. The number of benzene rings is 1. The van der Waals surface area contributed by atoms with Gasteiger partial charge in [-0.2, -0.15) is 0 Å². The van der Waals surface area contributed by atoms with Gasteiger partial charge in [-0.3, -0.25) is 4.79 Å². The molecule has 0 radical (unpaired) electrons. The van der Waals surface area contributed by atoms with Gasteiger partial charge in [-0.15, -0.1) is 0 Å². The van der Waals surface area contributed by atoms with Gasteiger partial charge in [0.25, 0.3) is 0 Å². The summed E-state index contributed by atoms with van der Waals surface area (Å²) in [6, 6.07) is 4.00. The number of halogens is 1. The van der Waals surface area contributed by atoms with Crippen molar-refractivity contribution < 1.29 is 14.3 Å². The first-order valence-corrected chi connectivity index (χ1v) is 8.54. The number of carbonyl (C=O) groups excluding carboxylic acids is 1. The highest BCUT2D eigenvalue weighted by Gasteiger charge is 2.23. The van der Waals surface area contributed by atoms with E-state index in [0.717, 1.165) is 16.5 Å². The predicted molar refractivity (Wildman–Crippen MR) is 90.5 cm³/mol. The zero-order chi connectivity index (χ0) is 16.1. The summed E-state index contributed by atoms with van der Waals surface area (Å²) in [5, 5.41) is 3.18. The molecular formula is C17H24BrNO3. The summed E-state index contributed by atoms with van der Waals surface area (Å²) in [4.78, 5) is 12.3. The van der Waals surface area contributed by atoms with Crippen LogP contribution in [-0.2, 0) is 11.2 Å². The molecule has 122 valence electrons. The summed E-state index contributed by atoms with van der Waals surface area (Å²) < 4.78 is 11.4. The van der Waals surface area contributed by atoms with E-state index >= 15 is 0 Å². The van der Waals surface area contributed by atoms with Gasteiger partial charge in [-0.25, -0.2) is 0 Å². The number of ether oxygens (including phenoxy) is 2. The van der Waals surface area contributed by atoms with Crippen molar-refractivity contribution in [3.8, 4) is 11.5 Å². The smallest absolute Gasteiger partial charge is 0.224 e. The van der Waals surface area contributed by atoms with E-state index in [2.05, 4.69) is 28.2 Å². The third-order valence-electron chi connectivity index (χ3n) is 4.36. The first-order valence-electron chi connectivity index (χ1n) is 7.75. The maximum Gasteiger partial charge on any atom is 0.224 e. The van der Waals surface area contributed by atoms with Gasteiger partial charge in [0.15, 0.2) is 11.5 Å². The van der Waals surface area contributed by atoms with E-state index in [0.29, 0.717) is 29.9 Å². The lowest BCUT2D eigenvalue weighted by atomic mass is 9.86. The van der Waals surface area contributed by atoms with Crippen molar-refractivity contribution in [1.82, 2.24) is 5.32 Å². The van der Waals surface area contributed by atoms with Crippen LogP contribution < -0.4 is 14.8 Å². The first kappa shape index (κ1) is 17.1. The summed E-state index contributed by atoms with van der Waals surface area (Å²) in [5.74, 6) is 1.91. The lowest BCUT2D eigenvalue weighted by Crippen LogP contribution is -2.41. The largest absolute Gasteiger partial charge is 0.493 e. The molecule has 0 unspecified atom stereocenters. The van der Waals surface area contributed by atoms with Crippen LogP contribution in [0.2, 0.25) is 0 Å². The fraction of sp³-hybridized carbons (Fsp3) is 0.588. The number of rotatable bonds is 5. The van der Waals surface area contributed by atoms with E-state index in [1.54, 1.807) is 14.2 Å². The van der Waals surface area contributed by atoms with E-state index in [-0.39, 0.29) is 5.91 Å². The molecule has 1 N–H and O–H groups in total. The maximum atomic E-state index is 12.3. The fourth-order valence-electron chi connectivity index (χ4n) is 2.99. The fourth-order valence-corrected chi connectivity index (χ4v) is 3.46. The molecule has 0 bridgehead atoms. The summed E-state index contributed by atoms with van der Waals surface area (Å²) >= 11 is 3.50. The maximum absolute atomic E-state index is 12.3. The Bertz CT molecular complexity index is 533. The lowest BCUT2D eigenvalue weighted by Gasteiger charge is -2.29. The monoisotopic (exact) mass is 369 g/mol. The number of carbonyl (C=O) groups is 1. The van der Waals surface area contributed by atoms with Crippen molar-refractivity contribution in [1.29, 1.82) is 0 Å². The Labute approximate surface area is 140 Å². The van der Waals surface area contributed by atoms with E-state index in [1.165, 1.54) is 19.3 Å². The van der Waals surface area contributed by atoms with E-state index in [4.69, 9.17) is 9.47 Å². The highest BCUT2D eigenvalue weighted by molar-refractivity contribution is 9.10. The lowest BCUT2D eigenvalue weighted by molar-refractivity contribution is -0.121. The van der Waals surface area contributed by atoms with Gasteiger partial charge in [0.05, 0.1) is 20.6 Å². The van der Waals surface area contributed by atoms with Crippen LogP contribution in [-0.4, -0.2) is 26.2 Å². The molecule has 1 amide bonds. The van der Waals surface area contributed by atoms with Crippen LogP contribution in [0, 0.1) is 5.92 Å². The Morgan fingerprint density at radius 1 is 1.23 bits per heavy atom. The van der Waals surface area contributed by atoms with Gasteiger partial charge in [-0.05, 0) is 36.5 Å². The second kappa shape index (κ2) is 7.86. The molecular weight excluding hydrogens is 346 g/mol. The van der Waals surface area contributed by atoms with E-state index in [9.17, 15) is 4.79 Å². The highest BCUT2D eigenvalue weighted by Crippen LogP contribution is 2.33. The molecule has 1 saturated carbocycles. The summed E-state index contributed by atoms with van der Waals surface area (Å²) in [5.41, 5.74) is 0.901. The minimum Gasteiger partial charge on any atom is -0.493 e. The van der Waals surface area contributed by atoms with Crippen LogP contribution in [0.3, 0.4) is 0 Å². The van der Waals surface area contributed by atoms with Gasteiger partial charge in [0.1, 0.15) is 0 Å². The Hall–Kier alpha value is -1.23. The second-order valence-corrected chi connectivity index (χ2v) is 6.77. The molecule has 0 aromatic heterocycles. The Morgan fingerprint density at radius 3 is 2.50 bits per heavy atom. The highest BCUT2D eigenvalue weighted by atomic mass is 79.9. The number of methoxy groups -OCH3 is 2. The minimum atomic E-state index is 0.0617. The number of hydrogen-bond acceptors (Lipinski definition) is 3. The van der Waals surface area contributed by atoms with Crippen LogP contribution in [0.4, 0.5) is 0 Å². The Kier molecular flexibility index (Phi) is 6.12. The van der Waals surface area contributed by atoms with Gasteiger partial charge >= 0.3 is 0 Å². The van der Waals surface area contributed by atoms with E-state index < -0.39 is 0 Å². The van der Waals surface area contributed by atoms with Crippen LogP contribution in [0.1, 0.15) is 38.2 Å². The molecule has 0 saturated heterocycles. The molecule has 2 rings (SSSR count). The van der Waals surface area contributed by atoms with Crippen molar-refractivity contribution in [3.05, 3.63) is 22.2 Å². The van der Waals surface area contributed by atoms with Gasteiger partial charge in [-0.1, -0.05) is 35.7 Å². The second-order valence-electron chi connectivity index (χ2n) is 5.91. The first-order chi connectivity index (χ1) is 10.5. The van der Waals surface area contributed by atoms with Crippen LogP contribution >= 0.6 is 15.9 Å². The standard InChI is InChI=1S/C17H24BrNO3/c1-11-6-4-5-7-14(11)19-17(20)9-12-8-15(21-2)16(22-3)10-13(12)18/h8,10-11,14H,4-7,9H2,1-3H3,(H,19,20)/t11-,14-/m1/s1. The number of nitrogens with one attached hydrogen (secondary N) is 1. The molecule has 0 heterocycles. The topological polar surface area (TPSA) is 47.6 Å². The van der Waals surface area contributed by atoms with Crippen LogP contribution in [0.15, 0.2) is 16.6 Å². The van der Waals surface area contributed by atoms with E-state index in [1.807, 2.05) is 12.1 Å². The molecule has 1 aromatic rings. The van der Waals surface area contributed by atoms with Crippen molar-refractivity contribution in [2.75, 3.05) is 14.2 Å². The quantitative estimate of drug-likeness (QED) is 0.860. The molecule has 1 aliphatic carbocycles. The van der Waals surface area contributed by atoms with Gasteiger partial charge in [0, 0.05) is 10.5 Å². The SMILES string of the molecule is COc1cc(Br)c(CC(=O)N[C@@H]2CCCC[C@H]2C)cc1OC. The minimum absolute atomic E-state index is 0.0617. The molecule has 2 atom stereocenters. The van der Waals surface area contributed by atoms with Crippen molar-refractivity contribution >= 4 is 21.8 Å². The molecule has 5 heteroatoms. The third kappa shape index (κ3) is 4.15.